The van der Waals surface area contributed by atoms with Gasteiger partial charge in [0.25, 0.3) is 0 Å². The molecule has 7 heteroatoms. The highest BCUT2D eigenvalue weighted by molar-refractivity contribution is 14.0. The van der Waals surface area contributed by atoms with Gasteiger partial charge in [0.1, 0.15) is 5.76 Å². The fourth-order valence-electron chi connectivity index (χ4n) is 2.32. The Morgan fingerprint density at radius 2 is 1.81 bits per heavy atom. The number of rotatable bonds is 6. The Labute approximate surface area is 172 Å². The lowest BCUT2D eigenvalue weighted by molar-refractivity contribution is 0.184. The van der Waals surface area contributed by atoms with Crippen molar-refractivity contribution in [3.05, 3.63) is 53.2 Å². The van der Waals surface area contributed by atoms with Crippen molar-refractivity contribution in [1.29, 1.82) is 0 Å². The molecule has 6 nitrogen and oxygen atoms in total. The van der Waals surface area contributed by atoms with Crippen LogP contribution in [-0.4, -0.2) is 25.1 Å². The summed E-state index contributed by atoms with van der Waals surface area (Å²) in [5, 5.41) is 6.53. The standard InChI is InChI=1S/C19H28N4O2.HI/c1-19(2,3)16-11-21-17(25-16)12-23-18(20-4)22-10-14-8-6-7-9-15(14)13-24-5;/h6-9,11H,10,12-13H2,1-5H3,(H2,20,22,23);1H. The number of hydrogen-bond acceptors (Lipinski definition) is 4. The molecule has 0 aliphatic rings. The maximum atomic E-state index is 5.78. The summed E-state index contributed by atoms with van der Waals surface area (Å²) in [7, 11) is 3.44. The van der Waals surface area contributed by atoms with Crippen LogP contribution in [0.15, 0.2) is 39.9 Å². The molecule has 0 aliphatic carbocycles. The molecule has 0 radical (unpaired) electrons. The summed E-state index contributed by atoms with van der Waals surface area (Å²) in [6.45, 7) is 8.04. The van der Waals surface area contributed by atoms with Crippen molar-refractivity contribution in [2.45, 2.75) is 45.9 Å². The lowest BCUT2D eigenvalue weighted by Crippen LogP contribution is -2.36. The first kappa shape index (κ1) is 22.4. The van der Waals surface area contributed by atoms with Crippen molar-refractivity contribution in [2.75, 3.05) is 14.2 Å². The molecule has 2 N–H and O–H groups in total. The van der Waals surface area contributed by atoms with E-state index in [-0.39, 0.29) is 29.4 Å². The van der Waals surface area contributed by atoms with Crippen molar-refractivity contribution in [2.24, 2.45) is 4.99 Å². The van der Waals surface area contributed by atoms with E-state index in [4.69, 9.17) is 9.15 Å². The molecule has 2 rings (SSSR count). The SMILES string of the molecule is CN=C(NCc1ncc(C(C)(C)C)o1)NCc1ccccc1COC.I. The van der Waals surface area contributed by atoms with Crippen LogP contribution < -0.4 is 10.6 Å². The summed E-state index contributed by atoms with van der Waals surface area (Å²) >= 11 is 0. The molecule has 0 spiro atoms. The highest BCUT2D eigenvalue weighted by Gasteiger charge is 2.19. The number of guanidine groups is 1. The van der Waals surface area contributed by atoms with E-state index in [0.717, 1.165) is 11.3 Å². The Balaban J connectivity index is 0.00000338. The third-order valence-corrected chi connectivity index (χ3v) is 3.79. The number of benzene rings is 1. The van der Waals surface area contributed by atoms with Crippen molar-refractivity contribution in [1.82, 2.24) is 15.6 Å². The second kappa shape index (κ2) is 10.5. The number of nitrogens with zero attached hydrogens (tertiary/aromatic N) is 2. The number of oxazole rings is 1. The third kappa shape index (κ3) is 6.60. The summed E-state index contributed by atoms with van der Waals surface area (Å²) < 4.78 is 11.0. The topological polar surface area (TPSA) is 71.7 Å². The van der Waals surface area contributed by atoms with E-state index < -0.39 is 0 Å². The third-order valence-electron chi connectivity index (χ3n) is 3.79. The molecule has 1 aromatic carbocycles. The average Bonchev–Trinajstić information content (AvgIpc) is 3.06. The summed E-state index contributed by atoms with van der Waals surface area (Å²) in [5.74, 6) is 2.22. The van der Waals surface area contributed by atoms with Crippen LogP contribution in [0.3, 0.4) is 0 Å². The molecular formula is C19H29IN4O2. The zero-order valence-corrected chi connectivity index (χ0v) is 18.5. The zero-order valence-electron chi connectivity index (χ0n) is 16.1. The molecule has 2 aromatic rings. The van der Waals surface area contributed by atoms with Gasteiger partial charge in [0.15, 0.2) is 5.96 Å². The molecule has 0 saturated heterocycles. The second-order valence-electron chi connectivity index (χ2n) is 6.85. The van der Waals surface area contributed by atoms with E-state index in [1.165, 1.54) is 5.56 Å². The molecule has 0 amide bonds. The minimum absolute atomic E-state index is 0. The summed E-state index contributed by atoms with van der Waals surface area (Å²) in [6.07, 6.45) is 1.79. The molecular weight excluding hydrogens is 443 g/mol. The number of halogens is 1. The predicted molar refractivity (Wildman–Crippen MR) is 115 cm³/mol. The summed E-state index contributed by atoms with van der Waals surface area (Å²) in [6, 6.07) is 8.18. The van der Waals surface area contributed by atoms with Crippen LogP contribution in [0.1, 0.15) is 43.5 Å². The zero-order chi connectivity index (χ0) is 18.3. The van der Waals surface area contributed by atoms with Gasteiger partial charge in [0.05, 0.1) is 19.3 Å². The predicted octanol–water partition coefficient (Wildman–Crippen LogP) is 3.60. The van der Waals surface area contributed by atoms with Gasteiger partial charge in [0, 0.05) is 26.1 Å². The molecule has 1 heterocycles. The lowest BCUT2D eigenvalue weighted by atomic mass is 9.94. The van der Waals surface area contributed by atoms with Crippen LogP contribution in [0.5, 0.6) is 0 Å². The molecule has 26 heavy (non-hydrogen) atoms. The van der Waals surface area contributed by atoms with Gasteiger partial charge in [-0.25, -0.2) is 4.98 Å². The Morgan fingerprint density at radius 3 is 2.38 bits per heavy atom. The number of aliphatic imine (C=N–C) groups is 1. The minimum Gasteiger partial charge on any atom is -0.443 e. The molecule has 144 valence electrons. The monoisotopic (exact) mass is 472 g/mol. The molecule has 0 bridgehead atoms. The lowest BCUT2D eigenvalue weighted by Gasteiger charge is -2.14. The molecule has 0 unspecified atom stereocenters. The van der Waals surface area contributed by atoms with Gasteiger partial charge in [-0.05, 0) is 11.1 Å². The second-order valence-corrected chi connectivity index (χ2v) is 6.85. The minimum atomic E-state index is -0.0454. The first-order valence-corrected chi connectivity index (χ1v) is 8.39. The van der Waals surface area contributed by atoms with Gasteiger partial charge in [-0.1, -0.05) is 45.0 Å². The quantitative estimate of drug-likeness (QED) is 0.382. The molecule has 0 aliphatic heterocycles. The molecule has 0 atom stereocenters. The Hall–Kier alpha value is -1.61. The van der Waals surface area contributed by atoms with Crippen LogP contribution in [0.25, 0.3) is 0 Å². The van der Waals surface area contributed by atoms with E-state index in [9.17, 15) is 0 Å². The van der Waals surface area contributed by atoms with Crippen molar-refractivity contribution in [3.63, 3.8) is 0 Å². The maximum Gasteiger partial charge on any atom is 0.213 e. The van der Waals surface area contributed by atoms with Gasteiger partial charge in [0.2, 0.25) is 5.89 Å². The Morgan fingerprint density at radius 1 is 1.15 bits per heavy atom. The largest absolute Gasteiger partial charge is 0.443 e. The first-order valence-electron chi connectivity index (χ1n) is 8.39. The number of hydrogen-bond donors (Lipinski definition) is 2. The Kier molecular flexibility index (Phi) is 9.07. The van der Waals surface area contributed by atoms with Crippen molar-refractivity contribution >= 4 is 29.9 Å². The highest BCUT2D eigenvalue weighted by Crippen LogP contribution is 2.22. The maximum absolute atomic E-state index is 5.78. The fourth-order valence-corrected chi connectivity index (χ4v) is 2.32. The smallest absolute Gasteiger partial charge is 0.213 e. The van der Waals surface area contributed by atoms with Crippen LogP contribution in [0.4, 0.5) is 0 Å². The average molecular weight is 472 g/mol. The highest BCUT2D eigenvalue weighted by atomic mass is 127. The van der Waals surface area contributed by atoms with Crippen molar-refractivity contribution in [3.8, 4) is 0 Å². The van der Waals surface area contributed by atoms with Crippen LogP contribution in [0.2, 0.25) is 0 Å². The van der Waals surface area contributed by atoms with Gasteiger partial charge < -0.3 is 19.8 Å². The summed E-state index contributed by atoms with van der Waals surface area (Å²) in [5.41, 5.74) is 2.30. The van der Waals surface area contributed by atoms with Crippen molar-refractivity contribution < 1.29 is 9.15 Å². The van der Waals surface area contributed by atoms with Gasteiger partial charge in [-0.2, -0.15) is 0 Å². The normalized spacial score (nSPS) is 11.8. The summed E-state index contributed by atoms with van der Waals surface area (Å²) in [4.78, 5) is 8.56. The van der Waals surface area contributed by atoms with Crippen LogP contribution in [-0.2, 0) is 29.8 Å². The van der Waals surface area contributed by atoms with E-state index >= 15 is 0 Å². The number of methoxy groups -OCH3 is 1. The molecule has 0 saturated carbocycles. The Bertz CT molecular complexity index is 708. The first-order chi connectivity index (χ1) is 11.9. The van der Waals surface area contributed by atoms with Crippen LogP contribution in [0, 0.1) is 0 Å². The fraction of sp³-hybridized carbons (Fsp3) is 0.474. The van der Waals surface area contributed by atoms with Gasteiger partial charge in [-0.15, -0.1) is 24.0 Å². The van der Waals surface area contributed by atoms with E-state index in [1.807, 2.05) is 12.1 Å². The van der Waals surface area contributed by atoms with E-state index in [2.05, 4.69) is 53.5 Å². The van der Waals surface area contributed by atoms with Crippen LogP contribution >= 0.6 is 24.0 Å². The molecule has 0 fully saturated rings. The number of aromatic nitrogens is 1. The van der Waals surface area contributed by atoms with Gasteiger partial charge in [-0.3, -0.25) is 4.99 Å². The van der Waals surface area contributed by atoms with Gasteiger partial charge >= 0.3 is 0 Å². The van der Waals surface area contributed by atoms with E-state index in [1.54, 1.807) is 20.4 Å². The number of nitrogens with one attached hydrogen (secondary N) is 2. The molecule has 1 aromatic heterocycles. The number of ether oxygens (including phenoxy) is 1. The van der Waals surface area contributed by atoms with E-state index in [0.29, 0.717) is 31.5 Å².